The third kappa shape index (κ3) is 11.6. The van der Waals surface area contributed by atoms with E-state index in [-0.39, 0.29) is 53.1 Å². The van der Waals surface area contributed by atoms with Crippen LogP contribution in [0.25, 0.3) is 0 Å². The lowest BCUT2D eigenvalue weighted by Gasteiger charge is -2.36. The van der Waals surface area contributed by atoms with Gasteiger partial charge in [0.25, 0.3) is 0 Å². The highest BCUT2D eigenvalue weighted by Crippen LogP contribution is 2.44. The second-order valence-corrected chi connectivity index (χ2v) is 15.3. The van der Waals surface area contributed by atoms with E-state index < -0.39 is 49.2 Å². The van der Waals surface area contributed by atoms with Crippen LogP contribution < -0.4 is 34.7 Å². The van der Waals surface area contributed by atoms with Crippen LogP contribution in [0.15, 0.2) is 47.4 Å². The number of rotatable bonds is 12. The van der Waals surface area contributed by atoms with Crippen LogP contribution in [0.2, 0.25) is 0 Å². The van der Waals surface area contributed by atoms with Gasteiger partial charge >= 0.3 is 15.2 Å². The van der Waals surface area contributed by atoms with Gasteiger partial charge in [-0.1, -0.05) is 57.0 Å². The van der Waals surface area contributed by atoms with Gasteiger partial charge in [-0.3, -0.25) is 19.3 Å². The van der Waals surface area contributed by atoms with Crippen LogP contribution in [0.4, 0.5) is 0 Å². The Hall–Kier alpha value is -1.75. The molecule has 2 atom stereocenters. The van der Waals surface area contributed by atoms with Crippen LogP contribution in [-0.2, 0) is 25.5 Å². The first-order chi connectivity index (χ1) is 18.1. The molecule has 0 saturated heterocycles. The molecule has 18 heteroatoms. The van der Waals surface area contributed by atoms with E-state index in [2.05, 4.69) is 12.2 Å². The molecule has 2 aromatic carbocycles. The first-order valence-electron chi connectivity index (χ1n) is 12.7. The molecule has 15 nitrogen and oxygen atoms in total. The first kappa shape index (κ1) is 43.4. The van der Waals surface area contributed by atoms with E-state index in [0.717, 1.165) is 23.3 Å². The number of nitrogens with zero attached hydrogens (tertiary/aromatic N) is 1. The van der Waals surface area contributed by atoms with Crippen LogP contribution in [-0.4, -0.2) is 63.9 Å². The molecule has 2 aromatic rings. The predicted molar refractivity (Wildman–Crippen MR) is 168 cm³/mol. The Morgan fingerprint density at radius 3 is 2.00 bits per heavy atom. The van der Waals surface area contributed by atoms with E-state index in [9.17, 15) is 37.1 Å². The van der Waals surface area contributed by atoms with Crippen molar-refractivity contribution in [2.24, 2.45) is 0 Å². The number of fused-ring (bicyclic) bond motifs is 1. The SMILES string of the molecule is CCCC[C@]1(CC)CS(=O)(=O)c2cc(CN(CP(=O)(O)O)CP(=O)(O)O)c(OC)cc2[C@@H](c2ccccc2)N1.N.N.N.N. The minimum Gasteiger partial charge on any atom is -0.496 e. The van der Waals surface area contributed by atoms with E-state index in [1.54, 1.807) is 6.07 Å². The van der Waals surface area contributed by atoms with Gasteiger partial charge in [-0.2, -0.15) is 0 Å². The number of benzene rings is 2. The Bertz CT molecular complexity index is 1330. The number of hydrogen-bond acceptors (Lipinski definition) is 11. The lowest BCUT2D eigenvalue weighted by atomic mass is 9.88. The number of sulfone groups is 1. The van der Waals surface area contributed by atoms with Crippen molar-refractivity contribution in [1.82, 2.24) is 34.8 Å². The minimum atomic E-state index is -4.69. The van der Waals surface area contributed by atoms with Crippen molar-refractivity contribution < 1.29 is 41.9 Å². The summed E-state index contributed by atoms with van der Waals surface area (Å²) in [7, 11) is -11.9. The largest absolute Gasteiger partial charge is 0.496 e. The highest BCUT2D eigenvalue weighted by molar-refractivity contribution is 7.91. The summed E-state index contributed by atoms with van der Waals surface area (Å²) in [6, 6.07) is 12.0. The average molecular weight is 673 g/mol. The summed E-state index contributed by atoms with van der Waals surface area (Å²) in [5, 5.41) is 3.66. The summed E-state index contributed by atoms with van der Waals surface area (Å²) in [5.74, 6) is 0.0958. The van der Waals surface area contributed by atoms with Crippen molar-refractivity contribution in [1.29, 1.82) is 0 Å². The van der Waals surface area contributed by atoms with Crippen molar-refractivity contribution >= 4 is 25.0 Å². The van der Waals surface area contributed by atoms with Gasteiger partial charge in [0, 0.05) is 17.6 Å². The molecule has 250 valence electrons. The van der Waals surface area contributed by atoms with Gasteiger partial charge in [0.1, 0.15) is 18.3 Å². The van der Waals surface area contributed by atoms with Crippen molar-refractivity contribution in [2.45, 2.75) is 62.6 Å². The molecule has 0 fully saturated rings. The molecule has 1 aliphatic heterocycles. The Morgan fingerprint density at radius 2 is 1.53 bits per heavy atom. The Kier molecular flexibility index (Phi) is 17.2. The zero-order valence-electron chi connectivity index (χ0n) is 25.2. The minimum absolute atomic E-state index is 0. The van der Waals surface area contributed by atoms with E-state index in [1.807, 2.05) is 37.3 Å². The van der Waals surface area contributed by atoms with Gasteiger partial charge < -0.3 is 48.9 Å². The molecule has 0 bridgehead atoms. The number of nitrogens with one attached hydrogen (secondary N) is 1. The number of methoxy groups -OCH3 is 1. The van der Waals surface area contributed by atoms with Crippen molar-refractivity contribution in [2.75, 3.05) is 25.4 Å². The zero-order valence-corrected chi connectivity index (χ0v) is 27.8. The van der Waals surface area contributed by atoms with Crippen molar-refractivity contribution in [3.8, 4) is 5.75 Å². The standard InChI is InChI=1S/C25H38N2O9P2S.4H3N/c1-4-6-12-25(5-2)16-39(34,35)23-13-20(15-27(17-37(28,29)30)18-38(31,32)33)22(36-3)14-21(23)24(26-25)19-10-8-7-9-11-19;;;;/h7-11,13-14,24,26H,4-6,12,15-18H2,1-3H3,(H2,28,29,30)(H2,31,32,33);4*1H3/t24-,25-;;;;/m1..../s1. The van der Waals surface area contributed by atoms with E-state index in [0.29, 0.717) is 18.4 Å². The van der Waals surface area contributed by atoms with Gasteiger partial charge in [0.2, 0.25) is 0 Å². The maximum Gasteiger partial charge on any atom is 0.339 e. The molecular weight excluding hydrogens is 622 g/mol. The molecule has 1 heterocycles. The highest BCUT2D eigenvalue weighted by atomic mass is 32.2. The van der Waals surface area contributed by atoms with Crippen LogP contribution in [0.1, 0.15) is 62.3 Å². The molecular formula is C25H50N6O9P2S. The molecule has 17 N–H and O–H groups in total. The van der Waals surface area contributed by atoms with Crippen LogP contribution in [0.3, 0.4) is 0 Å². The maximum absolute atomic E-state index is 14.0. The van der Waals surface area contributed by atoms with Gasteiger partial charge in [-0.25, -0.2) is 8.42 Å². The molecule has 0 radical (unpaired) electrons. The van der Waals surface area contributed by atoms with Gasteiger partial charge in [0.15, 0.2) is 9.84 Å². The molecule has 0 spiro atoms. The summed E-state index contributed by atoms with van der Waals surface area (Å²) in [6.45, 7) is 3.67. The Morgan fingerprint density at radius 1 is 0.977 bits per heavy atom. The molecule has 0 aromatic heterocycles. The van der Waals surface area contributed by atoms with E-state index in [4.69, 9.17) is 4.74 Å². The molecule has 0 aliphatic carbocycles. The average Bonchev–Trinajstić information content (AvgIpc) is 2.93. The van der Waals surface area contributed by atoms with E-state index >= 15 is 0 Å². The van der Waals surface area contributed by atoms with Crippen LogP contribution >= 0.6 is 15.2 Å². The fourth-order valence-corrected chi connectivity index (χ4v) is 8.92. The third-order valence-electron chi connectivity index (χ3n) is 6.96. The quantitative estimate of drug-likeness (QED) is 0.142. The molecule has 0 amide bonds. The lowest BCUT2D eigenvalue weighted by molar-refractivity contribution is 0.269. The fourth-order valence-electron chi connectivity index (χ4n) is 5.15. The number of hydrogen-bond donors (Lipinski definition) is 9. The molecule has 43 heavy (non-hydrogen) atoms. The number of unbranched alkanes of at least 4 members (excludes halogenated alkanes) is 1. The summed E-state index contributed by atoms with van der Waals surface area (Å²) in [5.41, 5.74) is 0.884. The zero-order chi connectivity index (χ0) is 29.1. The van der Waals surface area contributed by atoms with Gasteiger partial charge in [-0.15, -0.1) is 0 Å². The normalized spacial score (nSPS) is 19.4. The third-order valence-corrected chi connectivity index (χ3v) is 10.4. The highest BCUT2D eigenvalue weighted by Gasteiger charge is 2.42. The monoisotopic (exact) mass is 672 g/mol. The topological polar surface area (TPSA) is 314 Å². The maximum atomic E-state index is 14.0. The lowest BCUT2D eigenvalue weighted by Crippen LogP contribution is -2.50. The van der Waals surface area contributed by atoms with Crippen molar-refractivity contribution in [3.63, 3.8) is 0 Å². The summed E-state index contributed by atoms with van der Waals surface area (Å²) >= 11 is 0. The van der Waals surface area contributed by atoms with Crippen LogP contribution in [0.5, 0.6) is 5.75 Å². The first-order valence-corrected chi connectivity index (χ1v) is 17.9. The molecule has 3 rings (SSSR count). The smallest absolute Gasteiger partial charge is 0.339 e. The predicted octanol–water partition coefficient (Wildman–Crippen LogP) is 4.22. The molecule has 0 unspecified atom stereocenters. The number of ether oxygens (including phenoxy) is 1. The Balaban J connectivity index is 0. The van der Waals surface area contributed by atoms with Gasteiger partial charge in [0.05, 0.1) is 23.8 Å². The molecule has 0 saturated carbocycles. The second-order valence-electron chi connectivity index (χ2n) is 10.1. The summed E-state index contributed by atoms with van der Waals surface area (Å²) < 4.78 is 56.9. The van der Waals surface area contributed by atoms with Gasteiger partial charge in [-0.05, 0) is 36.1 Å². The second kappa shape index (κ2) is 17.1. The molecule has 1 aliphatic rings. The van der Waals surface area contributed by atoms with Crippen LogP contribution in [0, 0.1) is 0 Å². The summed E-state index contributed by atoms with van der Waals surface area (Å²) in [6.07, 6.45) is 1.12. The van der Waals surface area contributed by atoms with Crippen molar-refractivity contribution in [3.05, 3.63) is 59.2 Å². The van der Waals surface area contributed by atoms with E-state index in [1.165, 1.54) is 13.2 Å². The Labute approximate surface area is 254 Å². The summed E-state index contributed by atoms with van der Waals surface area (Å²) in [4.78, 5) is 39.0. The fraction of sp³-hybridized carbons (Fsp3) is 0.520.